The Balaban J connectivity index is 1.85. The zero-order valence-electron chi connectivity index (χ0n) is 13.7. The van der Waals surface area contributed by atoms with E-state index >= 15 is 0 Å². The highest BCUT2D eigenvalue weighted by molar-refractivity contribution is 7.89. The molecular weight excluding hydrogens is 328 g/mol. The number of carbonyl (C=O) groups is 1. The molecule has 0 bridgehead atoms. The minimum atomic E-state index is -3.57. The van der Waals surface area contributed by atoms with Gasteiger partial charge in [0, 0.05) is 36.7 Å². The smallest absolute Gasteiger partial charge is 0.306 e. The molecule has 24 heavy (non-hydrogen) atoms. The van der Waals surface area contributed by atoms with E-state index in [1.54, 1.807) is 12.1 Å². The Hall–Kier alpha value is -1.86. The number of aromatic nitrogens is 1. The largest absolute Gasteiger partial charge is 0.481 e. The van der Waals surface area contributed by atoms with Crippen molar-refractivity contribution in [2.75, 3.05) is 13.1 Å². The van der Waals surface area contributed by atoms with Gasteiger partial charge >= 0.3 is 5.97 Å². The molecule has 2 heterocycles. The van der Waals surface area contributed by atoms with E-state index in [1.807, 2.05) is 18.3 Å². The standard InChI is InChI=1S/C17H22N2O4S/c1-2-8-18-9-5-14-12-15(3-4-16(14)18)24(22,23)19-10-6-13(7-11-19)17(20)21/h3-5,9,12-13H,2,6-8,10-11H2,1H3,(H,20,21). The third-order valence-corrected chi connectivity index (χ3v) is 6.54. The second-order valence-corrected chi connectivity index (χ2v) is 8.18. The van der Waals surface area contributed by atoms with Crippen LogP contribution in [0.1, 0.15) is 26.2 Å². The third kappa shape index (κ3) is 3.06. The van der Waals surface area contributed by atoms with Crippen LogP contribution in [-0.4, -0.2) is 41.5 Å². The maximum absolute atomic E-state index is 12.8. The number of benzene rings is 1. The highest BCUT2D eigenvalue weighted by atomic mass is 32.2. The summed E-state index contributed by atoms with van der Waals surface area (Å²) >= 11 is 0. The number of hydrogen-bond donors (Lipinski definition) is 1. The van der Waals surface area contributed by atoms with Gasteiger partial charge in [0.15, 0.2) is 0 Å². The van der Waals surface area contributed by atoms with E-state index in [4.69, 9.17) is 5.11 Å². The summed E-state index contributed by atoms with van der Waals surface area (Å²) in [5.41, 5.74) is 1.03. The number of piperidine rings is 1. The van der Waals surface area contributed by atoms with Crippen molar-refractivity contribution in [1.82, 2.24) is 8.87 Å². The number of carboxylic acid groups (broad SMARTS) is 1. The summed E-state index contributed by atoms with van der Waals surface area (Å²) in [5.74, 6) is -1.28. The molecule has 2 aromatic rings. The summed E-state index contributed by atoms with van der Waals surface area (Å²) in [6.45, 7) is 3.52. The number of aryl methyl sites for hydroxylation is 1. The first-order chi connectivity index (χ1) is 11.4. The van der Waals surface area contributed by atoms with Crippen LogP contribution in [0.25, 0.3) is 10.9 Å². The average Bonchev–Trinajstić information content (AvgIpc) is 2.97. The zero-order chi connectivity index (χ0) is 17.3. The molecule has 3 rings (SSSR count). The first-order valence-electron chi connectivity index (χ1n) is 8.25. The van der Waals surface area contributed by atoms with Gasteiger partial charge in [-0.3, -0.25) is 4.79 Å². The van der Waals surface area contributed by atoms with Gasteiger partial charge in [-0.05, 0) is 43.5 Å². The van der Waals surface area contributed by atoms with E-state index in [-0.39, 0.29) is 18.0 Å². The summed E-state index contributed by atoms with van der Waals surface area (Å²) in [4.78, 5) is 11.3. The fourth-order valence-corrected chi connectivity index (χ4v) is 4.77. The number of fused-ring (bicyclic) bond motifs is 1. The van der Waals surface area contributed by atoms with Crippen LogP contribution in [-0.2, 0) is 21.4 Å². The van der Waals surface area contributed by atoms with Gasteiger partial charge in [-0.2, -0.15) is 4.31 Å². The molecule has 0 saturated carbocycles. The molecule has 0 spiro atoms. The van der Waals surface area contributed by atoms with Crippen molar-refractivity contribution in [1.29, 1.82) is 0 Å². The van der Waals surface area contributed by atoms with E-state index in [9.17, 15) is 13.2 Å². The van der Waals surface area contributed by atoms with Crippen molar-refractivity contribution in [3.63, 3.8) is 0 Å². The summed E-state index contributed by atoms with van der Waals surface area (Å²) in [6, 6.07) is 7.13. The maximum atomic E-state index is 12.8. The van der Waals surface area contributed by atoms with Crippen LogP contribution in [0.2, 0.25) is 0 Å². The number of hydrogen-bond acceptors (Lipinski definition) is 3. The highest BCUT2D eigenvalue weighted by Gasteiger charge is 2.32. The minimum absolute atomic E-state index is 0.258. The molecule has 1 aliphatic heterocycles. The molecule has 1 saturated heterocycles. The van der Waals surface area contributed by atoms with E-state index in [1.165, 1.54) is 4.31 Å². The molecule has 1 fully saturated rings. The highest BCUT2D eigenvalue weighted by Crippen LogP contribution is 2.26. The van der Waals surface area contributed by atoms with Crippen LogP contribution in [0.4, 0.5) is 0 Å². The predicted molar refractivity (Wildman–Crippen MR) is 91.3 cm³/mol. The lowest BCUT2D eigenvalue weighted by molar-refractivity contribution is -0.142. The van der Waals surface area contributed by atoms with Gasteiger partial charge in [-0.1, -0.05) is 6.92 Å². The fourth-order valence-electron chi connectivity index (χ4n) is 3.27. The molecule has 1 aliphatic rings. The molecule has 6 nitrogen and oxygen atoms in total. The summed E-state index contributed by atoms with van der Waals surface area (Å²) in [6.07, 6.45) is 3.72. The van der Waals surface area contributed by atoms with Crippen molar-refractivity contribution >= 4 is 26.9 Å². The quantitative estimate of drug-likeness (QED) is 0.899. The number of carboxylic acids is 1. The topological polar surface area (TPSA) is 79.6 Å². The molecule has 0 atom stereocenters. The summed E-state index contributed by atoms with van der Waals surface area (Å²) in [7, 11) is -3.57. The van der Waals surface area contributed by atoms with Crippen LogP contribution in [0.3, 0.4) is 0 Å². The Morgan fingerprint density at radius 1 is 1.25 bits per heavy atom. The number of aliphatic carboxylic acids is 1. The molecule has 0 aliphatic carbocycles. The number of nitrogens with zero attached hydrogens (tertiary/aromatic N) is 2. The van der Waals surface area contributed by atoms with Crippen LogP contribution in [0.15, 0.2) is 35.4 Å². The van der Waals surface area contributed by atoms with Crippen molar-refractivity contribution in [2.45, 2.75) is 37.6 Å². The number of sulfonamides is 1. The lowest BCUT2D eigenvalue weighted by Gasteiger charge is -2.29. The monoisotopic (exact) mass is 350 g/mol. The fraction of sp³-hybridized carbons (Fsp3) is 0.471. The van der Waals surface area contributed by atoms with Gasteiger partial charge in [0.2, 0.25) is 10.0 Å². The van der Waals surface area contributed by atoms with Gasteiger partial charge in [-0.25, -0.2) is 8.42 Å². The van der Waals surface area contributed by atoms with Crippen molar-refractivity contribution < 1.29 is 18.3 Å². The Kier molecular flexibility index (Phi) is 4.64. The maximum Gasteiger partial charge on any atom is 0.306 e. The Morgan fingerprint density at radius 3 is 2.58 bits per heavy atom. The molecule has 0 unspecified atom stereocenters. The van der Waals surface area contributed by atoms with Crippen molar-refractivity contribution in [3.8, 4) is 0 Å². The van der Waals surface area contributed by atoms with Crippen LogP contribution >= 0.6 is 0 Å². The molecule has 1 N–H and O–H groups in total. The Labute approximate surface area is 141 Å². The molecule has 7 heteroatoms. The summed E-state index contributed by atoms with van der Waals surface area (Å²) < 4.78 is 29.1. The first kappa shape index (κ1) is 17.0. The number of rotatable bonds is 5. The van der Waals surface area contributed by atoms with Gasteiger partial charge in [-0.15, -0.1) is 0 Å². The second kappa shape index (κ2) is 6.57. The van der Waals surface area contributed by atoms with Crippen molar-refractivity contribution in [3.05, 3.63) is 30.5 Å². The minimum Gasteiger partial charge on any atom is -0.481 e. The van der Waals surface area contributed by atoms with E-state index in [2.05, 4.69) is 11.5 Å². The first-order valence-corrected chi connectivity index (χ1v) is 9.69. The molecule has 1 aromatic carbocycles. The lowest BCUT2D eigenvalue weighted by atomic mass is 9.99. The SMILES string of the molecule is CCCn1ccc2cc(S(=O)(=O)N3CCC(C(=O)O)CC3)ccc21. The normalized spacial score (nSPS) is 17.4. The molecule has 130 valence electrons. The van der Waals surface area contributed by atoms with Crippen LogP contribution < -0.4 is 0 Å². The Morgan fingerprint density at radius 2 is 1.96 bits per heavy atom. The summed E-state index contributed by atoms with van der Waals surface area (Å²) in [5, 5.41) is 9.95. The van der Waals surface area contributed by atoms with Gasteiger partial charge in [0.25, 0.3) is 0 Å². The van der Waals surface area contributed by atoms with Crippen LogP contribution in [0, 0.1) is 5.92 Å². The Bertz CT molecular complexity index is 849. The van der Waals surface area contributed by atoms with Gasteiger partial charge in [0.1, 0.15) is 0 Å². The molecule has 0 amide bonds. The van der Waals surface area contributed by atoms with Gasteiger partial charge in [0.05, 0.1) is 10.8 Å². The van der Waals surface area contributed by atoms with Gasteiger partial charge < -0.3 is 9.67 Å². The van der Waals surface area contributed by atoms with E-state index in [0.717, 1.165) is 23.9 Å². The predicted octanol–water partition coefficient (Wildman–Crippen LogP) is 2.54. The molecular formula is C17H22N2O4S. The lowest BCUT2D eigenvalue weighted by Crippen LogP contribution is -2.40. The van der Waals surface area contributed by atoms with Crippen molar-refractivity contribution in [2.24, 2.45) is 5.92 Å². The average molecular weight is 350 g/mol. The molecule has 1 aromatic heterocycles. The zero-order valence-corrected chi connectivity index (χ0v) is 14.5. The molecule has 0 radical (unpaired) electrons. The third-order valence-electron chi connectivity index (χ3n) is 4.65. The van der Waals surface area contributed by atoms with E-state index in [0.29, 0.717) is 12.8 Å². The second-order valence-electron chi connectivity index (χ2n) is 6.25. The van der Waals surface area contributed by atoms with E-state index < -0.39 is 21.9 Å². The van der Waals surface area contributed by atoms with Crippen LogP contribution in [0.5, 0.6) is 0 Å².